The van der Waals surface area contributed by atoms with Crippen molar-refractivity contribution in [3.63, 3.8) is 0 Å². The van der Waals surface area contributed by atoms with Gasteiger partial charge in [0, 0.05) is 6.07 Å². The summed E-state index contributed by atoms with van der Waals surface area (Å²) in [5.74, 6) is -1.62. The van der Waals surface area contributed by atoms with E-state index in [1.165, 1.54) is 0 Å². The fourth-order valence-electron chi connectivity index (χ4n) is 2.02. The molecule has 6 nitrogen and oxygen atoms in total. The molecule has 0 unspecified atom stereocenters. The van der Waals surface area contributed by atoms with Crippen molar-refractivity contribution >= 4 is 17.7 Å². The predicted octanol–water partition coefficient (Wildman–Crippen LogP) is 1.59. The summed E-state index contributed by atoms with van der Waals surface area (Å²) >= 11 is 0. The van der Waals surface area contributed by atoms with Crippen molar-refractivity contribution < 1.29 is 19.2 Å². The molecule has 1 aliphatic rings. The molecule has 0 spiro atoms. The highest BCUT2D eigenvalue weighted by atomic mass is 16.5. The summed E-state index contributed by atoms with van der Waals surface area (Å²) in [6.07, 6.45) is 4.44. The van der Waals surface area contributed by atoms with Gasteiger partial charge in [0.1, 0.15) is 5.76 Å². The number of carbonyl (C=O) groups is 2. The number of aromatic nitrogens is 1. The Morgan fingerprint density at radius 1 is 1.39 bits per heavy atom. The van der Waals surface area contributed by atoms with Crippen LogP contribution in [-0.4, -0.2) is 22.1 Å². The van der Waals surface area contributed by atoms with Crippen LogP contribution in [0.3, 0.4) is 0 Å². The molecule has 18 heavy (non-hydrogen) atoms. The Hall–Kier alpha value is -2.11. The maximum Gasteiger partial charge on any atom is 0.307 e. The summed E-state index contributed by atoms with van der Waals surface area (Å²) in [6.45, 7) is 1.71. The van der Waals surface area contributed by atoms with Crippen molar-refractivity contribution in [1.82, 2.24) is 5.16 Å². The molecule has 2 atom stereocenters. The van der Waals surface area contributed by atoms with E-state index in [1.807, 2.05) is 6.08 Å². The number of hydrogen-bond donors (Lipinski definition) is 2. The average molecular weight is 250 g/mol. The normalized spacial score (nSPS) is 22.7. The number of anilines is 1. The number of allylic oxidation sites excluding steroid dienone is 2. The van der Waals surface area contributed by atoms with Crippen LogP contribution in [0.15, 0.2) is 22.7 Å². The van der Waals surface area contributed by atoms with E-state index in [9.17, 15) is 9.59 Å². The first-order chi connectivity index (χ1) is 8.58. The number of rotatable bonds is 3. The van der Waals surface area contributed by atoms with Crippen LogP contribution in [0.1, 0.15) is 18.6 Å². The first-order valence-corrected chi connectivity index (χ1v) is 5.70. The van der Waals surface area contributed by atoms with E-state index < -0.39 is 17.8 Å². The SMILES string of the molecule is Cc1cc(NC(=O)[C@@H]2CC=CC[C@H]2C(=O)O)no1. The summed E-state index contributed by atoms with van der Waals surface area (Å²) in [4.78, 5) is 23.1. The van der Waals surface area contributed by atoms with Gasteiger partial charge in [0.15, 0.2) is 5.82 Å². The number of amides is 1. The average Bonchev–Trinajstić information content (AvgIpc) is 2.74. The van der Waals surface area contributed by atoms with Crippen molar-refractivity contribution in [1.29, 1.82) is 0 Å². The van der Waals surface area contributed by atoms with Crippen LogP contribution in [0.5, 0.6) is 0 Å². The first-order valence-electron chi connectivity index (χ1n) is 5.70. The third-order valence-corrected chi connectivity index (χ3v) is 2.97. The van der Waals surface area contributed by atoms with Gasteiger partial charge in [-0.2, -0.15) is 0 Å². The zero-order chi connectivity index (χ0) is 13.1. The molecule has 1 aliphatic carbocycles. The molecule has 0 fully saturated rings. The van der Waals surface area contributed by atoms with Crippen molar-refractivity contribution in [2.45, 2.75) is 19.8 Å². The molecule has 2 rings (SSSR count). The van der Waals surface area contributed by atoms with Crippen molar-refractivity contribution in [2.24, 2.45) is 11.8 Å². The molecule has 0 saturated heterocycles. The molecule has 0 aliphatic heterocycles. The number of nitrogens with zero attached hydrogens (tertiary/aromatic N) is 1. The second-order valence-corrected chi connectivity index (χ2v) is 4.31. The first kappa shape index (κ1) is 12.3. The smallest absolute Gasteiger partial charge is 0.307 e. The van der Waals surface area contributed by atoms with E-state index in [1.54, 1.807) is 19.1 Å². The van der Waals surface area contributed by atoms with Gasteiger partial charge in [-0.3, -0.25) is 9.59 Å². The highest BCUT2D eigenvalue weighted by Crippen LogP contribution is 2.27. The third kappa shape index (κ3) is 2.58. The minimum absolute atomic E-state index is 0.316. The van der Waals surface area contributed by atoms with E-state index in [0.29, 0.717) is 24.4 Å². The van der Waals surface area contributed by atoms with Crippen molar-refractivity contribution in [3.8, 4) is 0 Å². The Kier molecular flexibility index (Phi) is 3.45. The number of nitrogens with one attached hydrogen (secondary N) is 1. The minimum atomic E-state index is -0.948. The lowest BCUT2D eigenvalue weighted by Gasteiger charge is -2.23. The van der Waals surface area contributed by atoms with Gasteiger partial charge in [-0.05, 0) is 19.8 Å². The number of aryl methyl sites for hydroxylation is 1. The Morgan fingerprint density at radius 3 is 2.61 bits per heavy atom. The Morgan fingerprint density at radius 2 is 2.06 bits per heavy atom. The molecule has 1 heterocycles. The molecule has 96 valence electrons. The van der Waals surface area contributed by atoms with Crippen LogP contribution >= 0.6 is 0 Å². The molecule has 1 aromatic rings. The number of aliphatic carboxylic acids is 1. The number of carboxylic acids is 1. The highest BCUT2D eigenvalue weighted by molar-refractivity contribution is 5.94. The predicted molar refractivity (Wildman–Crippen MR) is 62.9 cm³/mol. The summed E-state index contributed by atoms with van der Waals surface area (Å²) in [5, 5.41) is 15.3. The number of carboxylic acid groups (broad SMARTS) is 1. The van der Waals surface area contributed by atoms with Gasteiger partial charge in [0.05, 0.1) is 11.8 Å². The van der Waals surface area contributed by atoms with Crippen molar-refractivity contribution in [3.05, 3.63) is 24.0 Å². The molecule has 2 N–H and O–H groups in total. The van der Waals surface area contributed by atoms with Gasteiger partial charge in [-0.25, -0.2) is 0 Å². The second-order valence-electron chi connectivity index (χ2n) is 4.31. The Balaban J connectivity index is 2.07. The molecule has 1 amide bonds. The topological polar surface area (TPSA) is 92.4 Å². The Labute approximate surface area is 104 Å². The molecular weight excluding hydrogens is 236 g/mol. The monoisotopic (exact) mass is 250 g/mol. The molecular formula is C12H14N2O4. The van der Waals surface area contributed by atoms with E-state index in [2.05, 4.69) is 10.5 Å². The summed E-state index contributed by atoms with van der Waals surface area (Å²) < 4.78 is 4.83. The summed E-state index contributed by atoms with van der Waals surface area (Å²) in [6, 6.07) is 1.59. The van der Waals surface area contributed by atoms with Crippen LogP contribution in [0.2, 0.25) is 0 Å². The van der Waals surface area contributed by atoms with Gasteiger partial charge < -0.3 is 14.9 Å². The maximum absolute atomic E-state index is 12.0. The lowest BCUT2D eigenvalue weighted by molar-refractivity contribution is -0.146. The lowest BCUT2D eigenvalue weighted by Crippen LogP contribution is -2.34. The largest absolute Gasteiger partial charge is 0.481 e. The van der Waals surface area contributed by atoms with E-state index in [4.69, 9.17) is 9.63 Å². The van der Waals surface area contributed by atoms with Gasteiger partial charge in [-0.15, -0.1) is 0 Å². The van der Waals surface area contributed by atoms with E-state index in [0.717, 1.165) is 0 Å². The Bertz CT molecular complexity index is 492. The molecule has 0 saturated carbocycles. The van der Waals surface area contributed by atoms with Crippen LogP contribution in [-0.2, 0) is 9.59 Å². The quantitative estimate of drug-likeness (QED) is 0.794. The van der Waals surface area contributed by atoms with Gasteiger partial charge >= 0.3 is 5.97 Å². The van der Waals surface area contributed by atoms with Gasteiger partial charge in [0.25, 0.3) is 0 Å². The minimum Gasteiger partial charge on any atom is -0.481 e. The summed E-state index contributed by atoms with van der Waals surface area (Å²) in [7, 11) is 0. The molecule has 6 heteroatoms. The van der Waals surface area contributed by atoms with Gasteiger partial charge in [-0.1, -0.05) is 17.3 Å². The number of carbonyl (C=O) groups excluding carboxylic acids is 1. The summed E-state index contributed by atoms with van der Waals surface area (Å²) in [5.41, 5.74) is 0. The lowest BCUT2D eigenvalue weighted by atomic mass is 9.82. The molecule has 1 aromatic heterocycles. The van der Waals surface area contributed by atoms with Crippen LogP contribution in [0.4, 0.5) is 5.82 Å². The van der Waals surface area contributed by atoms with Crippen LogP contribution in [0, 0.1) is 18.8 Å². The zero-order valence-electron chi connectivity index (χ0n) is 9.92. The molecule has 0 radical (unpaired) electrons. The molecule has 0 bridgehead atoms. The van der Waals surface area contributed by atoms with Crippen molar-refractivity contribution in [2.75, 3.05) is 5.32 Å². The van der Waals surface area contributed by atoms with Crippen LogP contribution in [0.25, 0.3) is 0 Å². The highest BCUT2D eigenvalue weighted by Gasteiger charge is 2.34. The third-order valence-electron chi connectivity index (χ3n) is 2.97. The van der Waals surface area contributed by atoms with Gasteiger partial charge in [0.2, 0.25) is 5.91 Å². The van der Waals surface area contributed by atoms with E-state index >= 15 is 0 Å². The fraction of sp³-hybridized carbons (Fsp3) is 0.417. The molecule has 0 aromatic carbocycles. The van der Waals surface area contributed by atoms with Crippen LogP contribution < -0.4 is 5.32 Å². The standard InChI is InChI=1S/C12H14N2O4/c1-7-6-10(14-18-7)13-11(15)8-4-2-3-5-9(8)12(16)17/h2-3,6,8-9H,4-5H2,1H3,(H,16,17)(H,13,14,15)/t8-,9-/m1/s1. The fourth-order valence-corrected chi connectivity index (χ4v) is 2.02. The van der Waals surface area contributed by atoms with E-state index in [-0.39, 0.29) is 5.91 Å². The number of hydrogen-bond acceptors (Lipinski definition) is 4. The maximum atomic E-state index is 12.0. The zero-order valence-corrected chi connectivity index (χ0v) is 9.92. The second kappa shape index (κ2) is 5.03.